The van der Waals surface area contributed by atoms with E-state index in [2.05, 4.69) is 26.1 Å². The Morgan fingerprint density at radius 2 is 1.74 bits per heavy atom. The quantitative estimate of drug-likeness (QED) is 0.869. The van der Waals surface area contributed by atoms with Crippen molar-refractivity contribution in [3.8, 4) is 0 Å². The fourth-order valence-corrected chi connectivity index (χ4v) is 4.77. The molecule has 0 radical (unpaired) electrons. The number of anilines is 2. The molecule has 1 unspecified atom stereocenters. The van der Waals surface area contributed by atoms with Gasteiger partial charge in [-0.25, -0.2) is 8.42 Å². The lowest BCUT2D eigenvalue weighted by atomic mass is 9.87. The van der Waals surface area contributed by atoms with Crippen molar-refractivity contribution >= 4 is 27.3 Å². The molecule has 1 aliphatic heterocycles. The molecule has 1 aliphatic rings. The summed E-state index contributed by atoms with van der Waals surface area (Å²) < 4.78 is 25.4. The van der Waals surface area contributed by atoms with Crippen LogP contribution in [0.4, 0.5) is 11.4 Å². The van der Waals surface area contributed by atoms with Crippen LogP contribution in [0.15, 0.2) is 42.5 Å². The van der Waals surface area contributed by atoms with Gasteiger partial charge in [0.25, 0.3) is 5.91 Å². The van der Waals surface area contributed by atoms with Gasteiger partial charge < -0.3 is 5.32 Å². The van der Waals surface area contributed by atoms with Crippen molar-refractivity contribution in [2.24, 2.45) is 0 Å². The number of benzene rings is 2. The minimum atomic E-state index is -3.33. The molecule has 0 saturated heterocycles. The van der Waals surface area contributed by atoms with Crippen molar-refractivity contribution in [1.29, 1.82) is 0 Å². The van der Waals surface area contributed by atoms with Crippen LogP contribution in [-0.4, -0.2) is 26.6 Å². The predicted octanol–water partition coefficient (Wildman–Crippen LogP) is 3.95. The van der Waals surface area contributed by atoms with Gasteiger partial charge in [-0.15, -0.1) is 0 Å². The Kier molecular flexibility index (Phi) is 4.80. The van der Waals surface area contributed by atoms with E-state index in [0.29, 0.717) is 17.7 Å². The van der Waals surface area contributed by atoms with Crippen molar-refractivity contribution in [2.75, 3.05) is 15.9 Å². The van der Waals surface area contributed by atoms with Crippen LogP contribution < -0.4 is 9.62 Å². The summed E-state index contributed by atoms with van der Waals surface area (Å²) in [5.41, 5.74) is 4.06. The van der Waals surface area contributed by atoms with Crippen LogP contribution in [0.25, 0.3) is 0 Å². The van der Waals surface area contributed by atoms with Gasteiger partial charge in [0.05, 0.1) is 11.9 Å². The maximum Gasteiger partial charge on any atom is 0.255 e. The average Bonchev–Trinajstić information content (AvgIpc) is 2.89. The number of carbonyl (C=O) groups excluding carboxylic acids is 1. The summed E-state index contributed by atoms with van der Waals surface area (Å²) in [6.45, 7) is 8.31. The Labute approximate surface area is 161 Å². The second-order valence-electron chi connectivity index (χ2n) is 8.24. The highest BCUT2D eigenvalue weighted by Gasteiger charge is 2.32. The van der Waals surface area contributed by atoms with Crippen molar-refractivity contribution in [1.82, 2.24) is 0 Å². The summed E-state index contributed by atoms with van der Waals surface area (Å²) in [5, 5.41) is 2.91. The van der Waals surface area contributed by atoms with E-state index < -0.39 is 10.0 Å². The summed E-state index contributed by atoms with van der Waals surface area (Å²) in [6.07, 6.45) is 1.81. The van der Waals surface area contributed by atoms with Crippen molar-refractivity contribution in [3.63, 3.8) is 0 Å². The third-order valence-electron chi connectivity index (χ3n) is 4.86. The molecule has 1 amide bonds. The lowest BCUT2D eigenvalue weighted by molar-refractivity contribution is 0.102. The molecule has 6 heteroatoms. The number of nitrogens with zero attached hydrogens (tertiary/aromatic N) is 1. The zero-order valence-electron chi connectivity index (χ0n) is 16.4. The van der Waals surface area contributed by atoms with Crippen LogP contribution in [0.3, 0.4) is 0 Å². The van der Waals surface area contributed by atoms with E-state index in [1.165, 1.54) is 16.1 Å². The molecular weight excluding hydrogens is 360 g/mol. The van der Waals surface area contributed by atoms with Gasteiger partial charge in [0.15, 0.2) is 0 Å². The van der Waals surface area contributed by atoms with Crippen LogP contribution in [0, 0.1) is 0 Å². The average molecular weight is 387 g/mol. The molecule has 0 saturated carbocycles. The van der Waals surface area contributed by atoms with E-state index in [1.807, 2.05) is 31.2 Å². The molecule has 5 nitrogen and oxygen atoms in total. The monoisotopic (exact) mass is 386 g/mol. The highest BCUT2D eigenvalue weighted by molar-refractivity contribution is 7.92. The van der Waals surface area contributed by atoms with E-state index >= 15 is 0 Å². The van der Waals surface area contributed by atoms with Crippen LogP contribution >= 0.6 is 0 Å². The first-order valence-electron chi connectivity index (χ1n) is 9.01. The van der Waals surface area contributed by atoms with Gasteiger partial charge >= 0.3 is 0 Å². The Morgan fingerprint density at radius 3 is 2.30 bits per heavy atom. The number of amides is 1. The van der Waals surface area contributed by atoms with E-state index in [-0.39, 0.29) is 17.4 Å². The molecule has 27 heavy (non-hydrogen) atoms. The third-order valence-corrected chi connectivity index (χ3v) is 6.13. The number of hydrogen-bond acceptors (Lipinski definition) is 3. The highest BCUT2D eigenvalue weighted by atomic mass is 32.2. The molecule has 0 spiro atoms. The van der Waals surface area contributed by atoms with Gasteiger partial charge in [-0.1, -0.05) is 32.9 Å². The van der Waals surface area contributed by atoms with Crippen LogP contribution in [-0.2, 0) is 21.9 Å². The first-order valence-corrected chi connectivity index (χ1v) is 10.9. The Bertz CT molecular complexity index is 973. The smallest absolute Gasteiger partial charge is 0.255 e. The van der Waals surface area contributed by atoms with E-state index in [9.17, 15) is 13.2 Å². The number of nitrogens with one attached hydrogen (secondary N) is 1. The fraction of sp³-hybridized carbons (Fsp3) is 0.381. The lowest BCUT2D eigenvalue weighted by Crippen LogP contribution is -2.34. The van der Waals surface area contributed by atoms with E-state index in [0.717, 1.165) is 11.3 Å². The molecule has 1 N–H and O–H groups in total. The molecule has 1 heterocycles. The van der Waals surface area contributed by atoms with Gasteiger partial charge in [0.2, 0.25) is 10.0 Å². The van der Waals surface area contributed by atoms with Gasteiger partial charge in [-0.2, -0.15) is 0 Å². The molecule has 0 aliphatic carbocycles. The van der Waals surface area contributed by atoms with E-state index in [4.69, 9.17) is 0 Å². The first kappa shape index (κ1) is 19.4. The first-order chi connectivity index (χ1) is 12.5. The number of rotatable bonds is 3. The van der Waals surface area contributed by atoms with Gasteiger partial charge in [0, 0.05) is 17.3 Å². The molecule has 1 atom stereocenters. The van der Waals surface area contributed by atoms with Crippen LogP contribution in [0.1, 0.15) is 49.2 Å². The third kappa shape index (κ3) is 4.00. The molecule has 3 rings (SSSR count). The maximum absolute atomic E-state index is 12.6. The summed E-state index contributed by atoms with van der Waals surface area (Å²) in [6, 6.07) is 12.9. The summed E-state index contributed by atoms with van der Waals surface area (Å²) in [7, 11) is -3.33. The Balaban J connectivity index is 1.80. The lowest BCUT2D eigenvalue weighted by Gasteiger charge is -2.22. The summed E-state index contributed by atoms with van der Waals surface area (Å²) in [4.78, 5) is 12.6. The van der Waals surface area contributed by atoms with E-state index in [1.54, 1.807) is 18.2 Å². The molecule has 144 valence electrons. The largest absolute Gasteiger partial charge is 0.322 e. The molecule has 0 aromatic heterocycles. The van der Waals surface area contributed by atoms with Crippen LogP contribution in [0.2, 0.25) is 0 Å². The topological polar surface area (TPSA) is 66.5 Å². The number of fused-ring (bicyclic) bond motifs is 1. The van der Waals surface area contributed by atoms with Crippen LogP contribution in [0.5, 0.6) is 0 Å². The standard InChI is InChI=1S/C21H26N2O3S/c1-14-12-16-13-15(6-11-19(16)23(14)27(5,25)26)20(24)22-18-9-7-17(8-10-18)21(2,3)4/h6-11,13-14H,12H2,1-5H3,(H,22,24). The molecule has 0 fully saturated rings. The van der Waals surface area contributed by atoms with Crippen molar-refractivity contribution in [2.45, 2.75) is 45.6 Å². The summed E-state index contributed by atoms with van der Waals surface area (Å²) in [5.74, 6) is -0.202. The maximum atomic E-state index is 12.6. The Morgan fingerprint density at radius 1 is 1.11 bits per heavy atom. The highest BCUT2D eigenvalue weighted by Crippen LogP contribution is 2.34. The van der Waals surface area contributed by atoms with Gasteiger partial charge in [-0.3, -0.25) is 9.10 Å². The molecular formula is C21H26N2O3S. The number of carbonyl (C=O) groups is 1. The summed E-state index contributed by atoms with van der Waals surface area (Å²) >= 11 is 0. The van der Waals surface area contributed by atoms with Gasteiger partial charge in [-0.05, 0) is 60.2 Å². The fourth-order valence-electron chi connectivity index (χ4n) is 3.51. The normalized spacial score (nSPS) is 16.9. The molecule has 2 aromatic carbocycles. The van der Waals surface area contributed by atoms with Gasteiger partial charge in [0.1, 0.15) is 0 Å². The zero-order valence-corrected chi connectivity index (χ0v) is 17.2. The second kappa shape index (κ2) is 6.68. The number of sulfonamides is 1. The molecule has 2 aromatic rings. The second-order valence-corrected chi connectivity index (χ2v) is 10.1. The number of hydrogen-bond donors (Lipinski definition) is 1. The molecule has 0 bridgehead atoms. The van der Waals surface area contributed by atoms with Crippen molar-refractivity contribution < 1.29 is 13.2 Å². The minimum Gasteiger partial charge on any atom is -0.322 e. The SMILES string of the molecule is CC1Cc2cc(C(=O)Nc3ccc(C(C)(C)C)cc3)ccc2N1S(C)(=O)=O. The zero-order chi connectivity index (χ0) is 20.0. The minimum absolute atomic E-state index is 0.0602. The predicted molar refractivity (Wildman–Crippen MR) is 110 cm³/mol. The Hall–Kier alpha value is -2.34. The van der Waals surface area contributed by atoms with Crippen molar-refractivity contribution in [3.05, 3.63) is 59.2 Å².